The first-order chi connectivity index (χ1) is 12.5. The van der Waals surface area contributed by atoms with Gasteiger partial charge in [-0.2, -0.15) is 0 Å². The molecule has 0 spiro atoms. The van der Waals surface area contributed by atoms with Crippen molar-refractivity contribution in [2.24, 2.45) is 0 Å². The second-order valence-electron chi connectivity index (χ2n) is 6.30. The van der Waals surface area contributed by atoms with Gasteiger partial charge in [-0.1, -0.05) is 19.3 Å². The van der Waals surface area contributed by atoms with Crippen molar-refractivity contribution in [3.63, 3.8) is 0 Å². The van der Waals surface area contributed by atoms with Crippen LogP contribution < -0.4 is 5.32 Å². The number of hydrogen-bond acceptors (Lipinski definition) is 5. The molecule has 1 N–H and O–H groups in total. The Balaban J connectivity index is 1.81. The van der Waals surface area contributed by atoms with Crippen molar-refractivity contribution >= 4 is 23.7 Å². The van der Waals surface area contributed by atoms with E-state index in [1.54, 1.807) is 31.0 Å². The lowest BCUT2D eigenvalue weighted by Gasteiger charge is -2.31. The van der Waals surface area contributed by atoms with Gasteiger partial charge in [0.25, 0.3) is 5.91 Å². The summed E-state index contributed by atoms with van der Waals surface area (Å²) in [4.78, 5) is 37.3. The standard InChI is InChI=1S/C19H26N2O5/c1-3-25-19(24)20-15-11-9-14(10-12-15)18(23)26-13-17(22)21(2)16-7-5-4-6-8-16/h9-12,16H,3-8,13H2,1-2H3,(H,20,24). The average Bonchev–Trinajstić information content (AvgIpc) is 2.66. The van der Waals surface area contributed by atoms with Gasteiger partial charge in [-0.15, -0.1) is 0 Å². The van der Waals surface area contributed by atoms with E-state index in [0.717, 1.165) is 25.7 Å². The molecule has 1 aliphatic carbocycles. The molecule has 0 bridgehead atoms. The fraction of sp³-hybridized carbons (Fsp3) is 0.526. The van der Waals surface area contributed by atoms with Crippen LogP contribution in [-0.2, 0) is 14.3 Å². The molecule has 7 nitrogen and oxygen atoms in total. The third-order valence-electron chi connectivity index (χ3n) is 4.48. The maximum atomic E-state index is 12.2. The molecule has 0 aromatic heterocycles. The molecule has 2 amide bonds. The van der Waals surface area contributed by atoms with Gasteiger partial charge < -0.3 is 14.4 Å². The second-order valence-corrected chi connectivity index (χ2v) is 6.30. The summed E-state index contributed by atoms with van der Waals surface area (Å²) in [6.45, 7) is 1.72. The van der Waals surface area contributed by atoms with Crippen molar-refractivity contribution in [1.82, 2.24) is 4.90 Å². The van der Waals surface area contributed by atoms with Gasteiger partial charge in [-0.3, -0.25) is 10.1 Å². The molecular weight excluding hydrogens is 336 g/mol. The van der Waals surface area contributed by atoms with E-state index >= 15 is 0 Å². The van der Waals surface area contributed by atoms with Crippen LogP contribution in [0.2, 0.25) is 0 Å². The number of amides is 2. The number of nitrogens with zero attached hydrogens (tertiary/aromatic N) is 1. The quantitative estimate of drug-likeness (QED) is 0.786. The first-order valence-electron chi connectivity index (χ1n) is 8.98. The van der Waals surface area contributed by atoms with E-state index in [1.165, 1.54) is 18.6 Å². The zero-order chi connectivity index (χ0) is 18.9. The highest BCUT2D eigenvalue weighted by Crippen LogP contribution is 2.21. The van der Waals surface area contributed by atoms with Crippen LogP contribution in [0.3, 0.4) is 0 Å². The highest BCUT2D eigenvalue weighted by Gasteiger charge is 2.23. The minimum absolute atomic E-state index is 0.189. The second kappa shape index (κ2) is 9.79. The molecule has 1 aromatic rings. The maximum absolute atomic E-state index is 12.2. The molecule has 142 valence electrons. The number of rotatable bonds is 6. The minimum atomic E-state index is -0.571. The summed E-state index contributed by atoms with van der Waals surface area (Å²) >= 11 is 0. The third kappa shape index (κ3) is 5.75. The van der Waals surface area contributed by atoms with E-state index < -0.39 is 12.1 Å². The Bertz CT molecular complexity index is 623. The van der Waals surface area contributed by atoms with Gasteiger partial charge >= 0.3 is 12.1 Å². The molecule has 0 unspecified atom stereocenters. The summed E-state index contributed by atoms with van der Waals surface area (Å²) in [5, 5.41) is 2.54. The van der Waals surface area contributed by atoms with Gasteiger partial charge in [0.05, 0.1) is 12.2 Å². The van der Waals surface area contributed by atoms with Crippen molar-refractivity contribution in [3.05, 3.63) is 29.8 Å². The predicted octanol–water partition coefficient (Wildman–Crippen LogP) is 3.20. The van der Waals surface area contributed by atoms with Gasteiger partial charge in [0.2, 0.25) is 0 Å². The molecule has 0 aliphatic heterocycles. The normalized spacial score (nSPS) is 14.4. The topological polar surface area (TPSA) is 84.9 Å². The van der Waals surface area contributed by atoms with Crippen LogP contribution in [0.25, 0.3) is 0 Å². The molecule has 26 heavy (non-hydrogen) atoms. The third-order valence-corrected chi connectivity index (χ3v) is 4.48. The van der Waals surface area contributed by atoms with Crippen LogP contribution in [0.5, 0.6) is 0 Å². The van der Waals surface area contributed by atoms with Gasteiger partial charge in [0.1, 0.15) is 0 Å². The van der Waals surface area contributed by atoms with Crippen LogP contribution in [0.4, 0.5) is 10.5 Å². The summed E-state index contributed by atoms with van der Waals surface area (Å²) < 4.78 is 9.90. The first-order valence-corrected chi connectivity index (χ1v) is 8.98. The lowest BCUT2D eigenvalue weighted by Crippen LogP contribution is -2.40. The summed E-state index contributed by atoms with van der Waals surface area (Å²) in [5.41, 5.74) is 0.820. The van der Waals surface area contributed by atoms with Gasteiger partial charge in [-0.25, -0.2) is 9.59 Å². The first kappa shape index (κ1) is 19.8. The van der Waals surface area contributed by atoms with E-state index in [-0.39, 0.29) is 25.2 Å². The molecule has 0 heterocycles. The van der Waals surface area contributed by atoms with Crippen LogP contribution >= 0.6 is 0 Å². The maximum Gasteiger partial charge on any atom is 0.411 e. The summed E-state index contributed by atoms with van der Waals surface area (Å²) in [5.74, 6) is -0.760. The number of ether oxygens (including phenoxy) is 2. The molecule has 1 fully saturated rings. The smallest absolute Gasteiger partial charge is 0.411 e. The number of esters is 1. The Morgan fingerprint density at radius 1 is 1.08 bits per heavy atom. The SMILES string of the molecule is CCOC(=O)Nc1ccc(C(=O)OCC(=O)N(C)C2CCCCC2)cc1. The van der Waals surface area contributed by atoms with Gasteiger partial charge in [0.15, 0.2) is 6.61 Å². The number of carbonyl (C=O) groups excluding carboxylic acids is 3. The number of carbonyl (C=O) groups is 3. The predicted molar refractivity (Wildman–Crippen MR) is 97.0 cm³/mol. The zero-order valence-electron chi connectivity index (χ0n) is 15.3. The molecule has 1 aliphatic rings. The van der Waals surface area contributed by atoms with E-state index in [0.29, 0.717) is 11.3 Å². The largest absolute Gasteiger partial charge is 0.452 e. The van der Waals surface area contributed by atoms with Crippen molar-refractivity contribution < 1.29 is 23.9 Å². The number of hydrogen-bond donors (Lipinski definition) is 1. The number of likely N-dealkylation sites (N-methyl/N-ethyl adjacent to an activating group) is 1. The molecule has 7 heteroatoms. The fourth-order valence-electron chi connectivity index (χ4n) is 2.96. The molecule has 1 saturated carbocycles. The highest BCUT2D eigenvalue weighted by atomic mass is 16.5. The number of benzene rings is 1. The van der Waals surface area contributed by atoms with E-state index in [9.17, 15) is 14.4 Å². The van der Waals surface area contributed by atoms with Crippen molar-refractivity contribution in [2.45, 2.75) is 45.1 Å². The van der Waals surface area contributed by atoms with Crippen LogP contribution in [0.15, 0.2) is 24.3 Å². The van der Waals surface area contributed by atoms with Crippen molar-refractivity contribution in [1.29, 1.82) is 0 Å². The Kier molecular flexibility index (Phi) is 7.44. The summed E-state index contributed by atoms with van der Waals surface area (Å²) in [7, 11) is 1.77. The van der Waals surface area contributed by atoms with Crippen LogP contribution in [0, 0.1) is 0 Å². The number of anilines is 1. The van der Waals surface area contributed by atoms with Crippen molar-refractivity contribution in [3.8, 4) is 0 Å². The van der Waals surface area contributed by atoms with E-state index in [1.807, 2.05) is 0 Å². The molecule has 0 atom stereocenters. The summed E-state index contributed by atoms with van der Waals surface area (Å²) in [6.07, 6.45) is 4.94. The Morgan fingerprint density at radius 2 is 1.73 bits per heavy atom. The molecule has 1 aromatic carbocycles. The summed E-state index contributed by atoms with van der Waals surface area (Å²) in [6, 6.07) is 6.44. The molecular formula is C19H26N2O5. The molecule has 2 rings (SSSR count). The highest BCUT2D eigenvalue weighted by molar-refractivity contribution is 5.92. The molecule has 0 radical (unpaired) electrons. The fourth-order valence-corrected chi connectivity index (χ4v) is 2.96. The zero-order valence-corrected chi connectivity index (χ0v) is 15.3. The number of nitrogens with one attached hydrogen (secondary N) is 1. The van der Waals surface area contributed by atoms with Gasteiger partial charge in [0, 0.05) is 18.8 Å². The minimum Gasteiger partial charge on any atom is -0.452 e. The lowest BCUT2D eigenvalue weighted by molar-refractivity contribution is -0.135. The molecule has 0 saturated heterocycles. The average molecular weight is 362 g/mol. The van der Waals surface area contributed by atoms with Crippen LogP contribution in [0.1, 0.15) is 49.4 Å². The Hall–Kier alpha value is -2.57. The van der Waals surface area contributed by atoms with Crippen molar-refractivity contribution in [2.75, 3.05) is 25.6 Å². The lowest BCUT2D eigenvalue weighted by atomic mass is 9.94. The van der Waals surface area contributed by atoms with Gasteiger partial charge in [-0.05, 0) is 44.0 Å². The van der Waals surface area contributed by atoms with E-state index in [2.05, 4.69) is 5.32 Å². The Labute approximate surface area is 153 Å². The van der Waals surface area contributed by atoms with Crippen LogP contribution in [-0.4, -0.2) is 49.2 Å². The monoisotopic (exact) mass is 362 g/mol. The Morgan fingerprint density at radius 3 is 2.35 bits per heavy atom. The van der Waals surface area contributed by atoms with E-state index in [4.69, 9.17) is 9.47 Å².